The van der Waals surface area contributed by atoms with Crippen LogP contribution < -0.4 is 11.4 Å². The van der Waals surface area contributed by atoms with Crippen molar-refractivity contribution in [2.45, 2.75) is 211 Å². The first-order valence-corrected chi connectivity index (χ1v) is 28.6. The molecule has 2 rings (SSSR count). The van der Waals surface area contributed by atoms with Gasteiger partial charge in [0.15, 0.2) is 12.3 Å². The van der Waals surface area contributed by atoms with Crippen LogP contribution in [0.15, 0.2) is 65.7 Å². The molecule has 0 aliphatic carbocycles. The van der Waals surface area contributed by atoms with Crippen LogP contribution in [0.3, 0.4) is 0 Å². The second-order valence-electron chi connectivity index (χ2n) is 17.7. The Morgan fingerprint density at radius 3 is 1.73 bits per heavy atom. The van der Waals surface area contributed by atoms with E-state index in [-0.39, 0.29) is 18.7 Å². The van der Waals surface area contributed by atoms with Crippen LogP contribution in [-0.2, 0) is 46.3 Å². The van der Waals surface area contributed by atoms with Gasteiger partial charge in [-0.15, -0.1) is 0 Å². The first kappa shape index (κ1) is 62.8. The highest BCUT2D eigenvalue weighted by molar-refractivity contribution is 7.61. The Hall–Kier alpha value is -3.28. The summed E-state index contributed by atoms with van der Waals surface area (Å²) < 4.78 is 56.7. The molecule has 6 N–H and O–H groups in total. The molecule has 400 valence electrons. The van der Waals surface area contributed by atoms with Crippen molar-refractivity contribution in [1.29, 1.82) is 0 Å². The fourth-order valence-electron chi connectivity index (χ4n) is 7.42. The summed E-state index contributed by atoms with van der Waals surface area (Å²) in [6.07, 6.45) is 36.2. The van der Waals surface area contributed by atoms with E-state index in [1.54, 1.807) is 0 Å². The van der Waals surface area contributed by atoms with Crippen molar-refractivity contribution in [2.24, 2.45) is 0 Å². The van der Waals surface area contributed by atoms with E-state index in [1.807, 2.05) is 12.2 Å². The number of unbranched alkanes of at least 4 members (excludes halogenated alkanes) is 18. The van der Waals surface area contributed by atoms with Gasteiger partial charge in [-0.1, -0.05) is 165 Å². The molecule has 7 atom stereocenters. The summed E-state index contributed by atoms with van der Waals surface area (Å²) >= 11 is 0. The van der Waals surface area contributed by atoms with Gasteiger partial charge in [-0.25, -0.2) is 13.9 Å². The van der Waals surface area contributed by atoms with Crippen molar-refractivity contribution in [3.05, 3.63) is 71.4 Å². The number of esters is 2. The Morgan fingerprint density at radius 2 is 1.17 bits per heavy atom. The molecule has 0 saturated carbocycles. The first-order valence-electron chi connectivity index (χ1n) is 25.6. The maximum Gasteiger partial charge on any atom is 0.481 e. The van der Waals surface area contributed by atoms with Crippen LogP contribution in [0.5, 0.6) is 0 Å². The zero-order chi connectivity index (χ0) is 51.3. The molecule has 1 aliphatic heterocycles. The molecule has 1 aromatic heterocycles. The van der Waals surface area contributed by atoms with Gasteiger partial charge in [0, 0.05) is 19.0 Å². The SMILES string of the molecule is CCCCCC=CCC=CCC=CCC=CCCCC(=O)O[C@H](COC(=O)CCCCCCCCCCCCCCCCC)COP(=O)(O)OP(=O)(O)OC[C@H]1O[C@@H](n2ccc(N)nc2=O)C(O)[C@H]1O. The van der Waals surface area contributed by atoms with E-state index in [0.717, 1.165) is 62.1 Å². The zero-order valence-electron chi connectivity index (χ0n) is 41.8. The Morgan fingerprint density at radius 1 is 0.686 bits per heavy atom. The van der Waals surface area contributed by atoms with Gasteiger partial charge in [-0.2, -0.15) is 9.29 Å². The van der Waals surface area contributed by atoms with Crippen LogP contribution in [0.1, 0.15) is 187 Å². The van der Waals surface area contributed by atoms with Crippen molar-refractivity contribution in [2.75, 3.05) is 25.6 Å². The predicted octanol–water partition coefficient (Wildman–Crippen LogP) is 10.6. The number of rotatable bonds is 42. The molecule has 0 spiro atoms. The molecule has 2 heterocycles. The second kappa shape index (κ2) is 38.4. The van der Waals surface area contributed by atoms with Crippen LogP contribution >= 0.6 is 15.6 Å². The summed E-state index contributed by atoms with van der Waals surface area (Å²) in [5.41, 5.74) is 4.58. The fourth-order valence-corrected chi connectivity index (χ4v) is 9.53. The van der Waals surface area contributed by atoms with Gasteiger partial charge < -0.3 is 39.9 Å². The highest BCUT2D eigenvalue weighted by Crippen LogP contribution is 2.60. The molecule has 20 heteroatoms. The van der Waals surface area contributed by atoms with Crippen molar-refractivity contribution in [1.82, 2.24) is 9.55 Å². The maximum atomic E-state index is 12.8. The van der Waals surface area contributed by atoms with Gasteiger partial charge in [-0.3, -0.25) is 23.2 Å². The lowest BCUT2D eigenvalue weighted by molar-refractivity contribution is -0.161. The lowest BCUT2D eigenvalue weighted by Crippen LogP contribution is -2.36. The number of hydrogen-bond acceptors (Lipinski definition) is 15. The number of nitrogen functional groups attached to an aromatic ring is 1. The summed E-state index contributed by atoms with van der Waals surface area (Å²) in [6, 6.07) is 1.25. The molecule has 3 unspecified atom stereocenters. The van der Waals surface area contributed by atoms with Crippen molar-refractivity contribution < 1.29 is 66.3 Å². The first-order chi connectivity index (χ1) is 33.7. The number of hydrogen-bond donors (Lipinski definition) is 5. The number of nitrogens with zero attached hydrogens (tertiary/aromatic N) is 2. The quantitative estimate of drug-likeness (QED) is 0.0176. The Bertz CT molecular complexity index is 1860. The van der Waals surface area contributed by atoms with E-state index in [1.165, 1.54) is 89.5 Å². The van der Waals surface area contributed by atoms with E-state index < -0.39 is 83.7 Å². The Kier molecular flexibility index (Phi) is 34.4. The number of phosphoric acid groups is 2. The second-order valence-corrected chi connectivity index (χ2v) is 20.7. The predicted molar refractivity (Wildman–Crippen MR) is 270 cm³/mol. The summed E-state index contributed by atoms with van der Waals surface area (Å²) in [6.45, 7) is 2.09. The topological polar surface area (TPSA) is 265 Å². The number of nitrogens with two attached hydrogens (primary N) is 1. The third-order valence-corrected chi connectivity index (χ3v) is 14.0. The van der Waals surface area contributed by atoms with Gasteiger partial charge in [0.1, 0.15) is 30.7 Å². The molecule has 0 aromatic carbocycles. The minimum absolute atomic E-state index is 0.0251. The Balaban J connectivity index is 1.82. The molecular formula is C50H85N3O15P2. The number of anilines is 1. The van der Waals surface area contributed by atoms with E-state index in [9.17, 15) is 43.5 Å². The number of ether oxygens (including phenoxy) is 3. The maximum absolute atomic E-state index is 12.8. The number of aromatic nitrogens is 2. The largest absolute Gasteiger partial charge is 0.481 e. The van der Waals surface area contributed by atoms with Gasteiger partial charge in [0.25, 0.3) is 0 Å². The highest BCUT2D eigenvalue weighted by Gasteiger charge is 2.46. The lowest BCUT2D eigenvalue weighted by Gasteiger charge is -2.21. The van der Waals surface area contributed by atoms with E-state index >= 15 is 0 Å². The molecule has 18 nitrogen and oxygen atoms in total. The lowest BCUT2D eigenvalue weighted by atomic mass is 10.0. The molecule has 0 radical (unpaired) electrons. The van der Waals surface area contributed by atoms with Crippen molar-refractivity contribution in [3.8, 4) is 0 Å². The van der Waals surface area contributed by atoms with Crippen molar-refractivity contribution in [3.63, 3.8) is 0 Å². The molecule has 0 bridgehead atoms. The molecule has 1 aromatic rings. The van der Waals surface area contributed by atoms with Crippen LogP contribution in [0.2, 0.25) is 0 Å². The van der Waals surface area contributed by atoms with Gasteiger partial charge in [-0.05, 0) is 57.4 Å². The monoisotopic (exact) mass is 1030 g/mol. The van der Waals surface area contributed by atoms with Crippen LogP contribution in [0, 0.1) is 0 Å². The number of aliphatic hydroxyl groups is 2. The summed E-state index contributed by atoms with van der Waals surface area (Å²) in [7, 11) is -10.9. The number of carbonyl (C=O) groups excluding carboxylic acids is 2. The van der Waals surface area contributed by atoms with E-state index in [0.29, 0.717) is 19.3 Å². The Labute approximate surface area is 416 Å². The molecule has 0 amide bonds. The average Bonchev–Trinajstić information content (AvgIpc) is 3.59. The summed E-state index contributed by atoms with van der Waals surface area (Å²) in [4.78, 5) is 61.9. The standard InChI is InChI=1S/C50H85N3O15P2/c1-3-5-7-9-11-13-15-17-19-20-22-24-26-28-30-32-34-36-46(55)66-42(39-63-45(54)35-33-31-29-27-25-23-21-18-16-14-12-10-8-6-4-2)40-64-69(59,60)68-70(61,62)65-41-43-47(56)48(57)49(67-43)53-38-37-44(51)52-50(53)58/h11,13,17,19,22,24,28,30,37-38,42-43,47-49,56-57H,3-10,12,14-16,18,20-21,23,25-27,29,31-36,39-41H2,1-2H3,(H,59,60)(H,61,62)(H2,51,52,58)/t42-,43-,47+,48?,49-/m1/s1. The molecule has 1 fully saturated rings. The highest BCUT2D eigenvalue weighted by atomic mass is 31.3. The summed E-state index contributed by atoms with van der Waals surface area (Å²) in [5, 5.41) is 20.9. The molecule has 70 heavy (non-hydrogen) atoms. The molecular weight excluding hydrogens is 945 g/mol. The van der Waals surface area contributed by atoms with Gasteiger partial charge in [0.2, 0.25) is 0 Å². The molecule has 1 aliphatic rings. The fraction of sp³-hybridized carbons (Fsp3) is 0.720. The normalized spacial score (nSPS) is 19.6. The van der Waals surface area contributed by atoms with Crippen LogP contribution in [0.25, 0.3) is 0 Å². The van der Waals surface area contributed by atoms with Gasteiger partial charge in [0.05, 0.1) is 13.2 Å². The van der Waals surface area contributed by atoms with Crippen LogP contribution in [-0.4, -0.2) is 85.7 Å². The van der Waals surface area contributed by atoms with E-state index in [4.69, 9.17) is 29.0 Å². The zero-order valence-corrected chi connectivity index (χ0v) is 43.6. The van der Waals surface area contributed by atoms with Gasteiger partial charge >= 0.3 is 33.3 Å². The summed E-state index contributed by atoms with van der Waals surface area (Å²) in [5.74, 6) is -1.36. The minimum atomic E-state index is -5.43. The third-order valence-electron chi connectivity index (χ3n) is 11.4. The smallest absolute Gasteiger partial charge is 0.462 e. The molecule has 1 saturated heterocycles. The number of phosphoric ester groups is 2. The number of aliphatic hydroxyl groups excluding tert-OH is 2. The minimum Gasteiger partial charge on any atom is -0.462 e. The van der Waals surface area contributed by atoms with E-state index in [2.05, 4.69) is 59.6 Å². The van der Waals surface area contributed by atoms with Crippen molar-refractivity contribution >= 4 is 33.4 Å². The third kappa shape index (κ3) is 30.6. The average molecular weight is 1030 g/mol. The van der Waals surface area contributed by atoms with Crippen LogP contribution in [0.4, 0.5) is 5.82 Å². The number of carbonyl (C=O) groups is 2. The number of allylic oxidation sites excluding steroid dienone is 8.